The summed E-state index contributed by atoms with van der Waals surface area (Å²) in [4.78, 5) is 0. The van der Waals surface area contributed by atoms with Crippen molar-refractivity contribution in [2.75, 3.05) is 20.4 Å². The number of nitrogens with one attached hydrogen (secondary N) is 1. The maximum Gasteiger partial charge on any atom is 0.231 e. The van der Waals surface area contributed by atoms with E-state index in [1.54, 1.807) is 7.11 Å². The highest BCUT2D eigenvalue weighted by molar-refractivity contribution is 8.00. The molecule has 1 fully saturated rings. The second-order valence-electron chi connectivity index (χ2n) is 4.53. The normalized spacial score (nSPS) is 26.1. The van der Waals surface area contributed by atoms with E-state index in [2.05, 4.69) is 12.2 Å². The molecule has 4 nitrogen and oxygen atoms in total. The Morgan fingerprint density at radius 1 is 1.39 bits per heavy atom. The Balaban J connectivity index is 1.92. The summed E-state index contributed by atoms with van der Waals surface area (Å²) in [6.07, 6.45) is 1.21. The standard InChI is InChI=1S/C13H17NO3S/c1-8-3-4-14-13(18-8)9-5-10(15-2)12-11(6-9)16-7-17-12/h5-6,8,13-14H,3-4,7H2,1-2H3. The third kappa shape index (κ3) is 2.12. The van der Waals surface area contributed by atoms with Gasteiger partial charge in [-0.25, -0.2) is 0 Å². The Morgan fingerprint density at radius 3 is 3.06 bits per heavy atom. The highest BCUT2D eigenvalue weighted by atomic mass is 32.2. The van der Waals surface area contributed by atoms with E-state index in [0.717, 1.165) is 23.8 Å². The maximum absolute atomic E-state index is 5.46. The molecule has 0 amide bonds. The molecule has 0 aromatic heterocycles. The van der Waals surface area contributed by atoms with Crippen LogP contribution in [-0.2, 0) is 0 Å². The molecular weight excluding hydrogens is 250 g/mol. The summed E-state index contributed by atoms with van der Waals surface area (Å²) in [6.45, 7) is 3.59. The van der Waals surface area contributed by atoms with E-state index in [1.807, 2.05) is 23.9 Å². The number of hydrogen-bond acceptors (Lipinski definition) is 5. The van der Waals surface area contributed by atoms with Gasteiger partial charge in [0.1, 0.15) is 0 Å². The highest BCUT2D eigenvalue weighted by Crippen LogP contribution is 2.45. The van der Waals surface area contributed by atoms with Crippen LogP contribution in [0.1, 0.15) is 24.3 Å². The predicted molar refractivity (Wildman–Crippen MR) is 71.5 cm³/mol. The Hall–Kier alpha value is -1.07. The molecular formula is C13H17NO3S. The molecule has 0 saturated carbocycles. The first kappa shape index (κ1) is 12.0. The lowest BCUT2D eigenvalue weighted by Gasteiger charge is -2.28. The molecule has 1 saturated heterocycles. The Bertz CT molecular complexity index is 452. The molecule has 2 aliphatic rings. The second kappa shape index (κ2) is 4.90. The Morgan fingerprint density at radius 2 is 2.28 bits per heavy atom. The van der Waals surface area contributed by atoms with Crippen LogP contribution in [0.25, 0.3) is 0 Å². The largest absolute Gasteiger partial charge is 0.493 e. The summed E-state index contributed by atoms with van der Waals surface area (Å²) in [5.41, 5.74) is 1.19. The molecule has 2 atom stereocenters. The number of methoxy groups -OCH3 is 1. The lowest BCUT2D eigenvalue weighted by atomic mass is 10.1. The van der Waals surface area contributed by atoms with E-state index < -0.39 is 0 Å². The third-order valence-electron chi connectivity index (χ3n) is 3.23. The zero-order chi connectivity index (χ0) is 12.5. The fourth-order valence-electron chi connectivity index (χ4n) is 2.26. The van der Waals surface area contributed by atoms with Gasteiger partial charge in [0.25, 0.3) is 0 Å². The minimum absolute atomic E-state index is 0.275. The van der Waals surface area contributed by atoms with Crippen molar-refractivity contribution in [3.63, 3.8) is 0 Å². The Labute approximate surface area is 111 Å². The average Bonchev–Trinajstić information content (AvgIpc) is 2.85. The van der Waals surface area contributed by atoms with E-state index in [-0.39, 0.29) is 6.79 Å². The van der Waals surface area contributed by atoms with Gasteiger partial charge in [0, 0.05) is 5.25 Å². The van der Waals surface area contributed by atoms with Gasteiger partial charge in [-0.05, 0) is 30.7 Å². The van der Waals surface area contributed by atoms with Crippen LogP contribution in [0.4, 0.5) is 0 Å². The third-order valence-corrected chi connectivity index (χ3v) is 4.64. The van der Waals surface area contributed by atoms with Gasteiger partial charge >= 0.3 is 0 Å². The lowest BCUT2D eigenvalue weighted by molar-refractivity contribution is 0.171. The Kier molecular flexibility index (Phi) is 3.26. The van der Waals surface area contributed by atoms with Crippen molar-refractivity contribution in [3.05, 3.63) is 17.7 Å². The minimum atomic E-state index is 0.275. The van der Waals surface area contributed by atoms with Gasteiger partial charge in [-0.1, -0.05) is 6.92 Å². The molecule has 5 heteroatoms. The molecule has 2 aliphatic heterocycles. The van der Waals surface area contributed by atoms with E-state index in [0.29, 0.717) is 10.6 Å². The molecule has 0 aliphatic carbocycles. The zero-order valence-electron chi connectivity index (χ0n) is 10.6. The van der Waals surface area contributed by atoms with Crippen LogP contribution in [-0.4, -0.2) is 25.7 Å². The van der Waals surface area contributed by atoms with Crippen molar-refractivity contribution in [3.8, 4) is 17.2 Å². The SMILES string of the molecule is COc1cc(C2NCCC(C)S2)cc2c1OCO2. The van der Waals surface area contributed by atoms with Crippen LogP contribution in [0.5, 0.6) is 17.2 Å². The van der Waals surface area contributed by atoms with Crippen LogP contribution in [0, 0.1) is 0 Å². The average molecular weight is 267 g/mol. The highest BCUT2D eigenvalue weighted by Gasteiger charge is 2.25. The number of benzene rings is 1. The first-order chi connectivity index (χ1) is 8.78. The topological polar surface area (TPSA) is 39.7 Å². The van der Waals surface area contributed by atoms with Gasteiger partial charge in [0.05, 0.1) is 12.5 Å². The van der Waals surface area contributed by atoms with Gasteiger partial charge in [-0.15, -0.1) is 11.8 Å². The van der Waals surface area contributed by atoms with Crippen molar-refractivity contribution in [2.24, 2.45) is 0 Å². The van der Waals surface area contributed by atoms with Crippen LogP contribution >= 0.6 is 11.8 Å². The van der Waals surface area contributed by atoms with Crippen molar-refractivity contribution in [2.45, 2.75) is 24.0 Å². The first-order valence-electron chi connectivity index (χ1n) is 6.14. The lowest BCUT2D eigenvalue weighted by Crippen LogP contribution is -2.28. The fraction of sp³-hybridized carbons (Fsp3) is 0.538. The van der Waals surface area contributed by atoms with Crippen LogP contribution in [0.15, 0.2) is 12.1 Å². The predicted octanol–water partition coefficient (Wildman–Crippen LogP) is 2.54. The molecule has 98 valence electrons. The summed E-state index contributed by atoms with van der Waals surface area (Å²) in [6, 6.07) is 4.09. The van der Waals surface area contributed by atoms with Crippen molar-refractivity contribution >= 4 is 11.8 Å². The summed E-state index contributed by atoms with van der Waals surface area (Å²) in [5.74, 6) is 2.25. The number of ether oxygens (including phenoxy) is 3. The molecule has 1 N–H and O–H groups in total. The smallest absolute Gasteiger partial charge is 0.231 e. The first-order valence-corrected chi connectivity index (χ1v) is 7.08. The molecule has 0 radical (unpaired) electrons. The number of rotatable bonds is 2. The van der Waals surface area contributed by atoms with Crippen molar-refractivity contribution in [1.29, 1.82) is 0 Å². The van der Waals surface area contributed by atoms with Crippen LogP contribution in [0.3, 0.4) is 0 Å². The van der Waals surface area contributed by atoms with E-state index in [9.17, 15) is 0 Å². The molecule has 3 rings (SSSR count). The molecule has 2 heterocycles. The molecule has 18 heavy (non-hydrogen) atoms. The summed E-state index contributed by atoms with van der Waals surface area (Å²) in [7, 11) is 1.66. The van der Waals surface area contributed by atoms with Gasteiger partial charge in [-0.2, -0.15) is 0 Å². The van der Waals surface area contributed by atoms with Gasteiger partial charge < -0.3 is 19.5 Å². The van der Waals surface area contributed by atoms with Crippen LogP contribution < -0.4 is 19.5 Å². The van der Waals surface area contributed by atoms with E-state index in [4.69, 9.17) is 14.2 Å². The quantitative estimate of drug-likeness (QED) is 0.891. The van der Waals surface area contributed by atoms with Gasteiger partial charge in [0.2, 0.25) is 12.5 Å². The van der Waals surface area contributed by atoms with E-state index in [1.165, 1.54) is 12.0 Å². The number of hydrogen-bond donors (Lipinski definition) is 1. The fourth-order valence-corrected chi connectivity index (χ4v) is 3.49. The number of fused-ring (bicyclic) bond motifs is 1. The monoisotopic (exact) mass is 267 g/mol. The number of thioether (sulfide) groups is 1. The van der Waals surface area contributed by atoms with Gasteiger partial charge in [0.15, 0.2) is 11.5 Å². The zero-order valence-corrected chi connectivity index (χ0v) is 11.4. The molecule has 0 bridgehead atoms. The maximum atomic E-state index is 5.46. The minimum Gasteiger partial charge on any atom is -0.493 e. The summed E-state index contributed by atoms with van der Waals surface area (Å²) < 4.78 is 16.2. The molecule has 0 spiro atoms. The summed E-state index contributed by atoms with van der Waals surface area (Å²) >= 11 is 1.94. The molecule has 1 aromatic rings. The van der Waals surface area contributed by atoms with Gasteiger partial charge in [-0.3, -0.25) is 0 Å². The summed E-state index contributed by atoms with van der Waals surface area (Å²) in [5, 5.41) is 4.50. The molecule has 1 aromatic carbocycles. The second-order valence-corrected chi connectivity index (χ2v) is 6.07. The van der Waals surface area contributed by atoms with Crippen LogP contribution in [0.2, 0.25) is 0 Å². The van der Waals surface area contributed by atoms with E-state index >= 15 is 0 Å². The van der Waals surface area contributed by atoms with Crippen molar-refractivity contribution < 1.29 is 14.2 Å². The van der Waals surface area contributed by atoms with Crippen molar-refractivity contribution in [1.82, 2.24) is 5.32 Å². The molecule has 2 unspecified atom stereocenters.